The minimum atomic E-state index is -3.40. The lowest BCUT2D eigenvalue weighted by molar-refractivity contribution is -0.369. The highest BCUT2D eigenvalue weighted by atomic mass is 16.7. The van der Waals surface area contributed by atoms with Crippen molar-refractivity contribution in [3.63, 3.8) is 0 Å². The molecule has 0 radical (unpaired) electrons. The number of carboxylic acids is 1. The zero-order chi connectivity index (χ0) is 27.9. The maximum Gasteiger partial charge on any atom is 0.335 e. The van der Waals surface area contributed by atoms with Crippen LogP contribution < -0.4 is 10.2 Å². The van der Waals surface area contributed by atoms with Gasteiger partial charge in [-0.05, 0) is 36.6 Å². The molecule has 3 aromatic rings. The predicted molar refractivity (Wildman–Crippen MR) is 124 cm³/mol. The SMILES string of the molecule is O=C(O)C1OC(Oc2cc3oc(-c4ccc(O)cc4CCCO)cc(=O)c3c(O)c2O)C(O)C(O)(O)C1O. The summed E-state index contributed by atoms with van der Waals surface area (Å²) < 4.78 is 15.9. The number of phenols is 3. The standard InChI is InChI=1S/C24H24O14/c25-5-1-2-9-6-10(26)3-4-11(9)13-7-12(27)16-14(36-13)8-15(17(28)18(16)29)37-23-21(31)24(34,35)20(30)19(38-23)22(32)33/h3-4,6-8,19-21,23,25-26,28-31,34-35H,1-2,5H2,(H,32,33). The van der Waals surface area contributed by atoms with Gasteiger partial charge >= 0.3 is 5.97 Å². The lowest BCUT2D eigenvalue weighted by atomic mass is 9.95. The first kappa shape index (κ1) is 27.1. The number of fused-ring (bicyclic) bond motifs is 1. The van der Waals surface area contributed by atoms with Crippen LogP contribution in [-0.2, 0) is 16.0 Å². The van der Waals surface area contributed by atoms with Crippen molar-refractivity contribution < 1.29 is 64.6 Å². The van der Waals surface area contributed by atoms with Gasteiger partial charge in [0.05, 0.1) is 0 Å². The van der Waals surface area contributed by atoms with Gasteiger partial charge in [-0.3, -0.25) is 4.79 Å². The van der Waals surface area contributed by atoms with Crippen molar-refractivity contribution in [3.8, 4) is 34.3 Å². The Labute approximate surface area is 212 Å². The van der Waals surface area contributed by atoms with Crippen molar-refractivity contribution in [1.29, 1.82) is 0 Å². The molecule has 204 valence electrons. The first-order valence-electron chi connectivity index (χ1n) is 11.2. The number of phenolic OH excluding ortho intramolecular Hbond substituents is 3. The molecule has 1 fully saturated rings. The van der Waals surface area contributed by atoms with E-state index in [1.165, 1.54) is 18.2 Å². The Hall–Kier alpha value is -3.92. The van der Waals surface area contributed by atoms with E-state index >= 15 is 0 Å². The van der Waals surface area contributed by atoms with Crippen LogP contribution in [0.15, 0.2) is 39.5 Å². The summed E-state index contributed by atoms with van der Waals surface area (Å²) >= 11 is 0. The second-order valence-corrected chi connectivity index (χ2v) is 8.64. The highest BCUT2D eigenvalue weighted by Gasteiger charge is 2.58. The summed E-state index contributed by atoms with van der Waals surface area (Å²) in [5.74, 6) is -8.05. The van der Waals surface area contributed by atoms with Gasteiger partial charge in [-0.2, -0.15) is 0 Å². The van der Waals surface area contributed by atoms with Crippen LogP contribution in [0.3, 0.4) is 0 Å². The smallest absolute Gasteiger partial charge is 0.335 e. The number of aliphatic carboxylic acids is 1. The number of rotatable bonds is 7. The number of aliphatic hydroxyl groups excluding tert-OH is 3. The first-order chi connectivity index (χ1) is 17.9. The largest absolute Gasteiger partial charge is 0.508 e. The van der Waals surface area contributed by atoms with Crippen LogP contribution in [-0.4, -0.2) is 88.9 Å². The van der Waals surface area contributed by atoms with Gasteiger partial charge in [-0.25, -0.2) is 4.79 Å². The number of hydrogen-bond donors (Lipinski definition) is 9. The van der Waals surface area contributed by atoms with E-state index < -0.39 is 64.4 Å². The number of hydrogen-bond acceptors (Lipinski definition) is 13. The van der Waals surface area contributed by atoms with Gasteiger partial charge in [0.15, 0.2) is 29.1 Å². The van der Waals surface area contributed by atoms with Gasteiger partial charge in [0.1, 0.15) is 28.6 Å². The summed E-state index contributed by atoms with van der Waals surface area (Å²) in [4.78, 5) is 24.2. The third kappa shape index (κ3) is 4.71. The van der Waals surface area contributed by atoms with Gasteiger partial charge < -0.3 is 59.8 Å². The third-order valence-electron chi connectivity index (χ3n) is 6.07. The van der Waals surface area contributed by atoms with Crippen molar-refractivity contribution in [1.82, 2.24) is 0 Å². The van der Waals surface area contributed by atoms with Gasteiger partial charge in [0, 0.05) is 24.3 Å². The maximum atomic E-state index is 12.8. The highest BCUT2D eigenvalue weighted by molar-refractivity contribution is 5.89. The van der Waals surface area contributed by atoms with Crippen LogP contribution in [0.5, 0.6) is 23.0 Å². The van der Waals surface area contributed by atoms with Crippen LogP contribution >= 0.6 is 0 Å². The molecule has 0 spiro atoms. The average molecular weight is 536 g/mol. The Morgan fingerprint density at radius 1 is 1.03 bits per heavy atom. The molecule has 2 heterocycles. The summed E-state index contributed by atoms with van der Waals surface area (Å²) in [6, 6.07) is 6.18. The normalized spacial score (nSPS) is 22.9. The first-order valence-corrected chi connectivity index (χ1v) is 11.2. The van der Waals surface area contributed by atoms with Crippen LogP contribution in [0.1, 0.15) is 12.0 Å². The van der Waals surface area contributed by atoms with Crippen molar-refractivity contribution >= 4 is 16.9 Å². The quantitative estimate of drug-likeness (QED) is 0.131. The predicted octanol–water partition coefficient (Wildman–Crippen LogP) is -0.907. The van der Waals surface area contributed by atoms with Crippen LogP contribution in [0.25, 0.3) is 22.3 Å². The molecule has 2 aromatic carbocycles. The van der Waals surface area contributed by atoms with Crippen molar-refractivity contribution in [2.24, 2.45) is 0 Å². The number of aryl methyl sites for hydroxylation is 1. The number of ether oxygens (including phenoxy) is 2. The molecule has 0 saturated carbocycles. The molecule has 1 aliphatic heterocycles. The van der Waals surface area contributed by atoms with Gasteiger partial charge in [0.25, 0.3) is 0 Å². The van der Waals surface area contributed by atoms with E-state index in [9.17, 15) is 55.5 Å². The van der Waals surface area contributed by atoms with Crippen molar-refractivity contribution in [2.75, 3.05) is 6.61 Å². The highest BCUT2D eigenvalue weighted by Crippen LogP contribution is 2.43. The second-order valence-electron chi connectivity index (χ2n) is 8.64. The number of carboxylic acid groups (broad SMARTS) is 1. The zero-order valence-electron chi connectivity index (χ0n) is 19.4. The molecule has 38 heavy (non-hydrogen) atoms. The summed E-state index contributed by atoms with van der Waals surface area (Å²) in [7, 11) is 0. The number of aliphatic hydroxyl groups is 5. The van der Waals surface area contributed by atoms with Crippen molar-refractivity contribution in [3.05, 3.63) is 46.1 Å². The molecule has 4 rings (SSSR count). The summed E-state index contributed by atoms with van der Waals surface area (Å²) in [6.07, 6.45) is -8.71. The summed E-state index contributed by atoms with van der Waals surface area (Å²) in [5.41, 5.74) is -0.215. The van der Waals surface area contributed by atoms with E-state index in [0.29, 0.717) is 24.0 Å². The second kappa shape index (κ2) is 10.1. The third-order valence-corrected chi connectivity index (χ3v) is 6.07. The Morgan fingerprint density at radius 2 is 1.74 bits per heavy atom. The monoisotopic (exact) mass is 536 g/mol. The molecule has 9 N–H and O–H groups in total. The van der Waals surface area contributed by atoms with E-state index in [-0.39, 0.29) is 23.7 Å². The molecular weight excluding hydrogens is 512 g/mol. The van der Waals surface area contributed by atoms with Crippen molar-refractivity contribution in [2.45, 2.75) is 43.2 Å². The number of aromatic hydroxyl groups is 3. The molecular formula is C24H24O14. The average Bonchev–Trinajstić information content (AvgIpc) is 2.85. The van der Waals surface area contributed by atoms with Crippen LogP contribution in [0, 0.1) is 0 Å². The fourth-order valence-electron chi connectivity index (χ4n) is 4.09. The molecule has 0 amide bonds. The molecule has 0 aliphatic carbocycles. The van der Waals surface area contributed by atoms with E-state index in [0.717, 1.165) is 12.1 Å². The van der Waals surface area contributed by atoms with E-state index in [4.69, 9.17) is 13.9 Å². The molecule has 14 nitrogen and oxygen atoms in total. The number of benzene rings is 2. The van der Waals surface area contributed by atoms with E-state index in [1.807, 2.05) is 0 Å². The zero-order valence-corrected chi connectivity index (χ0v) is 19.4. The van der Waals surface area contributed by atoms with Gasteiger partial charge in [0.2, 0.25) is 17.8 Å². The summed E-state index contributed by atoms with van der Waals surface area (Å²) in [6.45, 7) is -0.136. The minimum absolute atomic E-state index is 0.0146. The lowest BCUT2D eigenvalue weighted by Gasteiger charge is -2.43. The Bertz CT molecular complexity index is 1430. The van der Waals surface area contributed by atoms with Crippen LogP contribution in [0.4, 0.5) is 0 Å². The Balaban J connectivity index is 1.80. The fourth-order valence-corrected chi connectivity index (χ4v) is 4.09. The molecule has 0 bridgehead atoms. The molecule has 1 saturated heterocycles. The molecule has 1 aliphatic rings. The van der Waals surface area contributed by atoms with E-state index in [1.54, 1.807) is 0 Å². The van der Waals surface area contributed by atoms with Crippen LogP contribution in [0.2, 0.25) is 0 Å². The number of carbonyl (C=O) groups is 1. The molecule has 4 unspecified atom stereocenters. The lowest BCUT2D eigenvalue weighted by Crippen LogP contribution is -2.69. The fraction of sp³-hybridized carbons (Fsp3) is 0.333. The van der Waals surface area contributed by atoms with E-state index in [2.05, 4.69) is 0 Å². The maximum absolute atomic E-state index is 12.8. The summed E-state index contributed by atoms with van der Waals surface area (Å²) in [5, 5.41) is 88.7. The van der Waals surface area contributed by atoms with Gasteiger partial charge in [-0.1, -0.05) is 0 Å². The Morgan fingerprint density at radius 3 is 2.39 bits per heavy atom. The van der Waals surface area contributed by atoms with Gasteiger partial charge in [-0.15, -0.1) is 0 Å². The molecule has 1 aromatic heterocycles. The Kier molecular flexibility index (Phi) is 7.20. The minimum Gasteiger partial charge on any atom is -0.508 e. The topological polar surface area (TPSA) is 248 Å². The molecule has 14 heteroatoms. The molecule has 4 atom stereocenters.